The van der Waals surface area contributed by atoms with E-state index in [1.165, 1.54) is 0 Å². The zero-order valence-corrected chi connectivity index (χ0v) is 10.6. The summed E-state index contributed by atoms with van der Waals surface area (Å²) in [7, 11) is 0. The van der Waals surface area contributed by atoms with Crippen LogP contribution in [-0.4, -0.2) is 27.4 Å². The molecule has 1 amide bonds. The molecule has 1 aromatic carbocycles. The fourth-order valence-electron chi connectivity index (χ4n) is 1.76. The smallest absolute Gasteiger partial charge is 0.225 e. The molecular formula is C14H17N3O2. The summed E-state index contributed by atoms with van der Waals surface area (Å²) in [4.78, 5) is 11.7. The second-order valence-electron chi connectivity index (χ2n) is 4.22. The minimum atomic E-state index is -0.0573. The monoisotopic (exact) mass is 259 g/mol. The van der Waals surface area contributed by atoms with Crippen LogP contribution in [0.15, 0.2) is 42.6 Å². The number of carbonyl (C=O) groups is 1. The zero-order valence-electron chi connectivity index (χ0n) is 10.6. The first kappa shape index (κ1) is 13.3. The number of nitrogens with one attached hydrogen (secondary N) is 1. The topological polar surface area (TPSA) is 67.2 Å². The number of aliphatic hydroxyl groups is 1. The van der Waals surface area contributed by atoms with Crippen molar-refractivity contribution in [3.05, 3.63) is 48.2 Å². The number of rotatable bonds is 6. The van der Waals surface area contributed by atoms with Crippen molar-refractivity contribution in [1.82, 2.24) is 9.78 Å². The van der Waals surface area contributed by atoms with Crippen molar-refractivity contribution in [2.24, 2.45) is 0 Å². The molecule has 1 aromatic heterocycles. The molecule has 0 bridgehead atoms. The van der Waals surface area contributed by atoms with E-state index in [0.29, 0.717) is 25.2 Å². The van der Waals surface area contributed by atoms with Crippen LogP contribution in [0.25, 0.3) is 0 Å². The first-order chi connectivity index (χ1) is 9.28. The molecule has 0 unspecified atom stereocenters. The van der Waals surface area contributed by atoms with E-state index >= 15 is 0 Å². The third kappa shape index (κ3) is 4.22. The van der Waals surface area contributed by atoms with Gasteiger partial charge in [0.25, 0.3) is 0 Å². The zero-order chi connectivity index (χ0) is 13.5. The third-order valence-electron chi connectivity index (χ3n) is 2.72. The molecule has 2 N–H and O–H groups in total. The van der Waals surface area contributed by atoms with E-state index in [4.69, 9.17) is 5.11 Å². The predicted molar refractivity (Wildman–Crippen MR) is 72.7 cm³/mol. The Labute approximate surface area is 111 Å². The highest BCUT2D eigenvalue weighted by atomic mass is 16.3. The van der Waals surface area contributed by atoms with Crippen LogP contribution in [0.5, 0.6) is 0 Å². The summed E-state index contributed by atoms with van der Waals surface area (Å²) in [5.41, 5.74) is 1.14. The molecule has 1 heterocycles. The van der Waals surface area contributed by atoms with Crippen molar-refractivity contribution in [2.45, 2.75) is 19.4 Å². The number of amides is 1. The quantitative estimate of drug-likeness (QED) is 0.825. The van der Waals surface area contributed by atoms with Crippen LogP contribution >= 0.6 is 0 Å². The number of aryl methyl sites for hydroxylation is 1. The SMILES string of the molecule is O=C(CCc1ccccc1)Nc1ccn(CCO)n1. The van der Waals surface area contributed by atoms with Crippen LogP contribution < -0.4 is 5.32 Å². The molecule has 100 valence electrons. The van der Waals surface area contributed by atoms with E-state index in [-0.39, 0.29) is 12.5 Å². The van der Waals surface area contributed by atoms with Crippen molar-refractivity contribution < 1.29 is 9.90 Å². The van der Waals surface area contributed by atoms with Gasteiger partial charge in [0.05, 0.1) is 13.2 Å². The maximum atomic E-state index is 11.7. The number of aliphatic hydroxyl groups excluding tert-OH is 1. The van der Waals surface area contributed by atoms with Crippen LogP contribution in [0.3, 0.4) is 0 Å². The minimum absolute atomic E-state index is 0.0308. The fourth-order valence-corrected chi connectivity index (χ4v) is 1.76. The van der Waals surface area contributed by atoms with Crippen molar-refractivity contribution in [3.8, 4) is 0 Å². The number of hydrogen-bond donors (Lipinski definition) is 2. The largest absolute Gasteiger partial charge is 0.394 e. The van der Waals surface area contributed by atoms with Gasteiger partial charge in [0, 0.05) is 18.7 Å². The first-order valence-corrected chi connectivity index (χ1v) is 6.26. The number of hydrogen-bond acceptors (Lipinski definition) is 3. The molecule has 0 atom stereocenters. The number of benzene rings is 1. The van der Waals surface area contributed by atoms with Crippen molar-refractivity contribution in [3.63, 3.8) is 0 Å². The predicted octanol–water partition coefficient (Wildman–Crippen LogP) is 1.45. The van der Waals surface area contributed by atoms with E-state index < -0.39 is 0 Å². The molecule has 0 spiro atoms. The van der Waals surface area contributed by atoms with Gasteiger partial charge in [-0.1, -0.05) is 30.3 Å². The highest BCUT2D eigenvalue weighted by Crippen LogP contribution is 2.06. The third-order valence-corrected chi connectivity index (χ3v) is 2.72. The van der Waals surface area contributed by atoms with Crippen LogP contribution in [0.4, 0.5) is 5.82 Å². The Hall–Kier alpha value is -2.14. The Kier molecular flexibility index (Phi) is 4.69. The Morgan fingerprint density at radius 1 is 1.26 bits per heavy atom. The van der Waals surface area contributed by atoms with Gasteiger partial charge in [-0.15, -0.1) is 0 Å². The summed E-state index contributed by atoms with van der Waals surface area (Å²) >= 11 is 0. The molecule has 19 heavy (non-hydrogen) atoms. The molecule has 0 radical (unpaired) electrons. The molecule has 2 rings (SSSR count). The van der Waals surface area contributed by atoms with Gasteiger partial charge in [-0.05, 0) is 12.0 Å². The number of carbonyl (C=O) groups excluding carboxylic acids is 1. The molecule has 0 aliphatic carbocycles. The van der Waals surface area contributed by atoms with Gasteiger partial charge in [0.2, 0.25) is 5.91 Å². The summed E-state index contributed by atoms with van der Waals surface area (Å²) in [5, 5.41) is 15.6. The molecule has 0 aliphatic rings. The first-order valence-electron chi connectivity index (χ1n) is 6.26. The highest BCUT2D eigenvalue weighted by Gasteiger charge is 2.05. The number of anilines is 1. The second kappa shape index (κ2) is 6.70. The summed E-state index contributed by atoms with van der Waals surface area (Å²) in [5.74, 6) is 0.463. The molecule has 2 aromatic rings. The van der Waals surface area contributed by atoms with E-state index in [2.05, 4.69) is 10.4 Å². The van der Waals surface area contributed by atoms with Crippen LogP contribution in [0, 0.1) is 0 Å². The van der Waals surface area contributed by atoms with Gasteiger partial charge in [-0.25, -0.2) is 0 Å². The van der Waals surface area contributed by atoms with E-state index in [0.717, 1.165) is 5.56 Å². The van der Waals surface area contributed by atoms with Crippen LogP contribution in [-0.2, 0) is 17.8 Å². The molecule has 5 heteroatoms. The highest BCUT2D eigenvalue weighted by molar-refractivity contribution is 5.89. The molecule has 5 nitrogen and oxygen atoms in total. The van der Waals surface area contributed by atoms with Crippen LogP contribution in [0.2, 0.25) is 0 Å². The lowest BCUT2D eigenvalue weighted by Gasteiger charge is -2.02. The van der Waals surface area contributed by atoms with Crippen molar-refractivity contribution in [2.75, 3.05) is 11.9 Å². The number of aromatic nitrogens is 2. The minimum Gasteiger partial charge on any atom is -0.394 e. The van der Waals surface area contributed by atoms with E-state index in [1.54, 1.807) is 16.9 Å². The Morgan fingerprint density at radius 3 is 2.79 bits per heavy atom. The van der Waals surface area contributed by atoms with Crippen LogP contribution in [0.1, 0.15) is 12.0 Å². The lowest BCUT2D eigenvalue weighted by atomic mass is 10.1. The normalized spacial score (nSPS) is 10.4. The molecule has 0 saturated heterocycles. The Balaban J connectivity index is 1.80. The van der Waals surface area contributed by atoms with Crippen molar-refractivity contribution in [1.29, 1.82) is 0 Å². The average molecular weight is 259 g/mol. The summed E-state index contributed by atoms with van der Waals surface area (Å²) < 4.78 is 1.59. The van der Waals surface area contributed by atoms with Gasteiger partial charge in [0.15, 0.2) is 5.82 Å². The Bertz CT molecular complexity index is 522. The van der Waals surface area contributed by atoms with E-state index in [1.807, 2.05) is 30.3 Å². The lowest BCUT2D eigenvalue weighted by molar-refractivity contribution is -0.116. The van der Waals surface area contributed by atoms with Crippen molar-refractivity contribution >= 4 is 11.7 Å². The lowest BCUT2D eigenvalue weighted by Crippen LogP contribution is -2.13. The summed E-state index contributed by atoms with van der Waals surface area (Å²) in [6.07, 6.45) is 2.87. The molecule has 0 fully saturated rings. The van der Waals surface area contributed by atoms with Gasteiger partial charge in [-0.2, -0.15) is 5.10 Å². The van der Waals surface area contributed by atoms with Gasteiger partial charge >= 0.3 is 0 Å². The Morgan fingerprint density at radius 2 is 2.05 bits per heavy atom. The molecule has 0 aliphatic heterocycles. The maximum absolute atomic E-state index is 11.7. The second-order valence-corrected chi connectivity index (χ2v) is 4.22. The summed E-state index contributed by atoms with van der Waals surface area (Å²) in [6.45, 7) is 0.461. The molecule has 0 saturated carbocycles. The summed E-state index contributed by atoms with van der Waals surface area (Å²) in [6, 6.07) is 11.6. The maximum Gasteiger partial charge on any atom is 0.225 e. The van der Waals surface area contributed by atoms with Gasteiger partial charge in [-0.3, -0.25) is 9.48 Å². The molecular weight excluding hydrogens is 242 g/mol. The average Bonchev–Trinajstić information content (AvgIpc) is 2.85. The van der Waals surface area contributed by atoms with Gasteiger partial charge in [0.1, 0.15) is 0 Å². The fraction of sp³-hybridized carbons (Fsp3) is 0.286. The van der Waals surface area contributed by atoms with Gasteiger partial charge < -0.3 is 10.4 Å². The van der Waals surface area contributed by atoms with E-state index in [9.17, 15) is 4.79 Å². The standard InChI is InChI=1S/C14H17N3O2/c18-11-10-17-9-8-13(16-17)15-14(19)7-6-12-4-2-1-3-5-12/h1-5,8-9,18H,6-7,10-11H2,(H,15,16,19). The number of nitrogens with zero attached hydrogens (tertiary/aromatic N) is 2.